The number of benzene rings is 1. The number of rotatable bonds is 5. The fourth-order valence-corrected chi connectivity index (χ4v) is 3.98. The van der Waals surface area contributed by atoms with Crippen LogP contribution in [0.15, 0.2) is 28.8 Å². The lowest BCUT2D eigenvalue weighted by atomic mass is 10.0. The first-order valence-corrected chi connectivity index (χ1v) is 9.26. The topological polar surface area (TPSA) is 88.2 Å². The molecule has 3 rings (SSSR count). The van der Waals surface area contributed by atoms with Gasteiger partial charge in [-0.25, -0.2) is 0 Å². The Hall–Kier alpha value is -3.11. The van der Waals surface area contributed by atoms with Crippen molar-refractivity contribution in [3.63, 3.8) is 0 Å². The number of hydrogen-bond acceptors (Lipinski definition) is 6. The number of amides is 1. The number of carbonyl (C=O) groups is 1. The van der Waals surface area contributed by atoms with Crippen LogP contribution in [-0.4, -0.2) is 18.2 Å². The molecule has 1 amide bonds. The van der Waals surface area contributed by atoms with Crippen molar-refractivity contribution in [3.8, 4) is 22.9 Å². The molecule has 0 radical (unpaired) electrons. The van der Waals surface area contributed by atoms with E-state index >= 15 is 0 Å². The molecule has 138 valence electrons. The van der Waals surface area contributed by atoms with E-state index in [1.54, 1.807) is 14.0 Å². The average Bonchev–Trinajstić information content (AvgIpc) is 3.20. The molecule has 0 unspecified atom stereocenters. The van der Waals surface area contributed by atoms with Crippen molar-refractivity contribution in [2.75, 3.05) is 12.4 Å². The van der Waals surface area contributed by atoms with E-state index in [-0.39, 0.29) is 5.91 Å². The Morgan fingerprint density at radius 3 is 2.63 bits per heavy atom. The summed E-state index contributed by atoms with van der Waals surface area (Å²) in [4.78, 5) is 13.7. The SMILES string of the molecule is CCc1noc(C)c1C(=O)Nc1sc(C)c(-c2ccc(OC)cc2)c1C#N. The van der Waals surface area contributed by atoms with E-state index in [1.807, 2.05) is 38.1 Å². The van der Waals surface area contributed by atoms with Crippen molar-refractivity contribution in [3.05, 3.63) is 51.7 Å². The lowest BCUT2D eigenvalue weighted by Gasteiger charge is -2.05. The lowest BCUT2D eigenvalue weighted by Crippen LogP contribution is -2.14. The van der Waals surface area contributed by atoms with Gasteiger partial charge in [0.05, 0.1) is 18.4 Å². The van der Waals surface area contributed by atoms with Crippen LogP contribution in [0.4, 0.5) is 5.00 Å². The fraction of sp³-hybridized carbons (Fsp3) is 0.250. The zero-order valence-electron chi connectivity index (χ0n) is 15.5. The number of ether oxygens (including phenoxy) is 1. The Balaban J connectivity index is 1.99. The standard InChI is InChI=1S/C20H19N3O3S/c1-5-16-17(11(2)26-23-16)19(24)22-20-15(10-21)18(12(3)27-20)13-6-8-14(25-4)9-7-13/h6-9H,5H2,1-4H3,(H,22,24). The van der Waals surface area contributed by atoms with Gasteiger partial charge in [0.2, 0.25) is 0 Å². The summed E-state index contributed by atoms with van der Waals surface area (Å²) in [5.74, 6) is 0.893. The first kappa shape index (κ1) is 18.7. The Kier molecular flexibility index (Phi) is 5.28. The van der Waals surface area contributed by atoms with Crippen molar-refractivity contribution in [1.29, 1.82) is 5.26 Å². The summed E-state index contributed by atoms with van der Waals surface area (Å²) in [6, 6.07) is 9.73. The molecule has 0 bridgehead atoms. The Labute approximate surface area is 161 Å². The van der Waals surface area contributed by atoms with E-state index < -0.39 is 0 Å². The molecular formula is C20H19N3O3S. The summed E-state index contributed by atoms with van der Waals surface area (Å²) >= 11 is 1.38. The molecule has 0 aliphatic carbocycles. The summed E-state index contributed by atoms with van der Waals surface area (Å²) in [5, 5.41) is 17.0. The number of methoxy groups -OCH3 is 1. The number of carbonyl (C=O) groups excluding carboxylic acids is 1. The van der Waals surface area contributed by atoms with Crippen molar-refractivity contribution >= 4 is 22.2 Å². The predicted octanol–water partition coefficient (Wildman–Crippen LogP) is 4.71. The minimum atomic E-state index is -0.315. The molecule has 27 heavy (non-hydrogen) atoms. The minimum Gasteiger partial charge on any atom is -0.497 e. The average molecular weight is 381 g/mol. The normalized spacial score (nSPS) is 10.5. The molecule has 0 aliphatic rings. The molecule has 7 heteroatoms. The molecule has 0 spiro atoms. The maximum absolute atomic E-state index is 12.8. The minimum absolute atomic E-state index is 0.315. The van der Waals surface area contributed by atoms with Crippen LogP contribution in [0.25, 0.3) is 11.1 Å². The van der Waals surface area contributed by atoms with Gasteiger partial charge < -0.3 is 14.6 Å². The summed E-state index contributed by atoms with van der Waals surface area (Å²) in [7, 11) is 1.61. The van der Waals surface area contributed by atoms with E-state index in [4.69, 9.17) is 9.26 Å². The highest BCUT2D eigenvalue weighted by Gasteiger charge is 2.23. The van der Waals surface area contributed by atoms with Crippen molar-refractivity contribution in [2.45, 2.75) is 27.2 Å². The summed E-state index contributed by atoms with van der Waals surface area (Å²) < 4.78 is 10.3. The smallest absolute Gasteiger partial charge is 0.261 e. The molecule has 2 aromatic heterocycles. The third-order valence-electron chi connectivity index (χ3n) is 4.30. The number of nitriles is 1. The monoisotopic (exact) mass is 381 g/mol. The molecule has 0 saturated carbocycles. The van der Waals surface area contributed by atoms with E-state index in [1.165, 1.54) is 11.3 Å². The van der Waals surface area contributed by atoms with Gasteiger partial charge in [0, 0.05) is 10.4 Å². The van der Waals surface area contributed by atoms with E-state index in [0.29, 0.717) is 34.0 Å². The molecule has 0 saturated heterocycles. The quantitative estimate of drug-likeness (QED) is 0.691. The van der Waals surface area contributed by atoms with Gasteiger partial charge in [-0.15, -0.1) is 11.3 Å². The second kappa shape index (κ2) is 7.64. The van der Waals surface area contributed by atoms with Crippen LogP contribution < -0.4 is 10.1 Å². The van der Waals surface area contributed by atoms with Gasteiger partial charge in [0.15, 0.2) is 0 Å². The zero-order chi connectivity index (χ0) is 19.6. The van der Waals surface area contributed by atoms with Crippen LogP contribution in [0.2, 0.25) is 0 Å². The molecule has 2 heterocycles. The van der Waals surface area contributed by atoms with Crippen LogP contribution in [0.3, 0.4) is 0 Å². The van der Waals surface area contributed by atoms with Crippen LogP contribution >= 0.6 is 11.3 Å². The number of aryl methyl sites for hydroxylation is 3. The third kappa shape index (κ3) is 3.44. The maximum atomic E-state index is 12.8. The summed E-state index contributed by atoms with van der Waals surface area (Å²) in [6.45, 7) is 5.55. The van der Waals surface area contributed by atoms with Gasteiger partial charge in [-0.2, -0.15) is 5.26 Å². The number of anilines is 1. The van der Waals surface area contributed by atoms with Gasteiger partial charge in [0.1, 0.15) is 28.1 Å². The zero-order valence-corrected chi connectivity index (χ0v) is 16.4. The first-order valence-electron chi connectivity index (χ1n) is 8.44. The van der Waals surface area contributed by atoms with Gasteiger partial charge in [-0.3, -0.25) is 4.79 Å². The second-order valence-corrected chi connectivity index (χ2v) is 7.17. The highest BCUT2D eigenvalue weighted by atomic mass is 32.1. The highest BCUT2D eigenvalue weighted by Crippen LogP contribution is 2.40. The summed E-state index contributed by atoms with van der Waals surface area (Å²) in [5.41, 5.74) is 3.20. The van der Waals surface area contributed by atoms with E-state index in [0.717, 1.165) is 21.8 Å². The molecular weight excluding hydrogens is 362 g/mol. The van der Waals surface area contributed by atoms with Gasteiger partial charge in [0.25, 0.3) is 5.91 Å². The van der Waals surface area contributed by atoms with E-state index in [9.17, 15) is 10.1 Å². The Morgan fingerprint density at radius 2 is 2.04 bits per heavy atom. The number of nitrogens with zero attached hydrogens (tertiary/aromatic N) is 2. The number of nitrogens with one attached hydrogen (secondary N) is 1. The van der Waals surface area contributed by atoms with Crippen LogP contribution in [-0.2, 0) is 6.42 Å². The number of thiophene rings is 1. The molecule has 1 aromatic carbocycles. The molecule has 3 aromatic rings. The van der Waals surface area contributed by atoms with Crippen LogP contribution in [0.1, 0.15) is 39.2 Å². The Bertz CT molecular complexity index is 1030. The molecule has 1 N–H and O–H groups in total. The van der Waals surface area contributed by atoms with E-state index in [2.05, 4.69) is 16.5 Å². The maximum Gasteiger partial charge on any atom is 0.261 e. The molecule has 0 aliphatic heterocycles. The van der Waals surface area contributed by atoms with Gasteiger partial charge in [-0.1, -0.05) is 24.2 Å². The van der Waals surface area contributed by atoms with Gasteiger partial charge in [-0.05, 0) is 38.0 Å². The molecule has 0 atom stereocenters. The van der Waals surface area contributed by atoms with Crippen molar-refractivity contribution in [2.24, 2.45) is 0 Å². The van der Waals surface area contributed by atoms with Crippen LogP contribution in [0, 0.1) is 25.2 Å². The fourth-order valence-electron chi connectivity index (χ4n) is 2.96. The highest BCUT2D eigenvalue weighted by molar-refractivity contribution is 7.17. The second-order valence-electron chi connectivity index (χ2n) is 5.95. The third-order valence-corrected chi connectivity index (χ3v) is 5.32. The molecule has 6 nitrogen and oxygen atoms in total. The largest absolute Gasteiger partial charge is 0.497 e. The summed E-state index contributed by atoms with van der Waals surface area (Å²) in [6.07, 6.45) is 0.589. The lowest BCUT2D eigenvalue weighted by molar-refractivity contribution is 0.102. The van der Waals surface area contributed by atoms with Crippen molar-refractivity contribution in [1.82, 2.24) is 5.16 Å². The van der Waals surface area contributed by atoms with Crippen molar-refractivity contribution < 1.29 is 14.1 Å². The predicted molar refractivity (Wildman–Crippen MR) is 104 cm³/mol. The first-order chi connectivity index (χ1) is 13.0. The Morgan fingerprint density at radius 1 is 1.33 bits per heavy atom. The molecule has 0 fully saturated rings. The van der Waals surface area contributed by atoms with Gasteiger partial charge >= 0.3 is 0 Å². The van der Waals surface area contributed by atoms with Crippen LogP contribution in [0.5, 0.6) is 5.75 Å². The number of aromatic nitrogens is 1. The number of hydrogen-bond donors (Lipinski definition) is 1.